The van der Waals surface area contributed by atoms with E-state index in [4.69, 9.17) is 32.7 Å². The van der Waals surface area contributed by atoms with E-state index in [0.717, 1.165) is 16.0 Å². The van der Waals surface area contributed by atoms with Gasteiger partial charge in [-0.05, 0) is 75.6 Å². The number of hydrogen-bond donors (Lipinski definition) is 1. The van der Waals surface area contributed by atoms with Crippen molar-refractivity contribution in [3.63, 3.8) is 0 Å². The van der Waals surface area contributed by atoms with Crippen molar-refractivity contribution in [1.29, 1.82) is 0 Å². The highest BCUT2D eigenvalue weighted by atomic mass is 79.9. The van der Waals surface area contributed by atoms with Crippen LogP contribution >= 0.6 is 50.9 Å². The molecule has 0 fully saturated rings. The Morgan fingerprint density at radius 1 is 1.09 bits per heavy atom. The number of hydrazone groups is 1. The van der Waals surface area contributed by atoms with E-state index in [2.05, 4.69) is 26.5 Å². The van der Waals surface area contributed by atoms with Crippen LogP contribution in [0.2, 0.25) is 10.0 Å². The highest BCUT2D eigenvalue weighted by Crippen LogP contribution is 2.37. The number of carbonyl (C=O) groups is 1. The molecule has 0 bridgehead atoms. The second-order valence-corrected chi connectivity index (χ2v) is 9.26. The van der Waals surface area contributed by atoms with Gasteiger partial charge in [-0.3, -0.25) is 4.79 Å². The molecule has 1 N–H and O–H groups in total. The van der Waals surface area contributed by atoms with Crippen LogP contribution in [0.25, 0.3) is 0 Å². The number of ether oxygens (including phenoxy) is 2. The first kappa shape index (κ1) is 24.5. The lowest BCUT2D eigenvalue weighted by molar-refractivity contribution is -0.118. The number of nitrogens with one attached hydrogen (secondary N) is 1. The molecule has 0 aliphatic carbocycles. The molecule has 5 nitrogen and oxygen atoms in total. The van der Waals surface area contributed by atoms with Crippen molar-refractivity contribution >= 4 is 63.0 Å². The Bertz CT molecular complexity index is 1090. The Hall–Kier alpha value is -2.19. The molecule has 32 heavy (non-hydrogen) atoms. The van der Waals surface area contributed by atoms with Crippen molar-refractivity contribution in [3.05, 3.63) is 86.3 Å². The highest BCUT2D eigenvalue weighted by molar-refractivity contribution is 9.10. The average Bonchev–Trinajstić information content (AvgIpc) is 2.79. The zero-order valence-corrected chi connectivity index (χ0v) is 20.9. The monoisotopic (exact) mass is 552 g/mol. The summed E-state index contributed by atoms with van der Waals surface area (Å²) in [4.78, 5) is 13.0. The minimum absolute atomic E-state index is 0.213. The number of benzene rings is 3. The van der Waals surface area contributed by atoms with Gasteiger partial charge >= 0.3 is 0 Å². The molecular formula is C23H19BrCl2N2O3S. The quantitative estimate of drug-likeness (QED) is 0.184. The maximum absolute atomic E-state index is 12.0. The van der Waals surface area contributed by atoms with E-state index in [1.165, 1.54) is 11.8 Å². The first-order chi connectivity index (χ1) is 15.4. The van der Waals surface area contributed by atoms with Gasteiger partial charge in [0.05, 0.1) is 23.5 Å². The fourth-order valence-corrected chi connectivity index (χ4v) is 4.10. The van der Waals surface area contributed by atoms with E-state index in [1.807, 2.05) is 42.5 Å². The molecule has 0 aliphatic heterocycles. The molecule has 166 valence electrons. The van der Waals surface area contributed by atoms with Crippen LogP contribution in [-0.2, 0) is 11.4 Å². The van der Waals surface area contributed by atoms with Gasteiger partial charge in [0.25, 0.3) is 0 Å². The van der Waals surface area contributed by atoms with E-state index in [0.29, 0.717) is 32.6 Å². The fourth-order valence-electron chi connectivity index (χ4n) is 2.58. The average molecular weight is 554 g/mol. The molecule has 0 aromatic heterocycles. The molecule has 9 heteroatoms. The van der Waals surface area contributed by atoms with Gasteiger partial charge in [0.1, 0.15) is 6.61 Å². The first-order valence-corrected chi connectivity index (χ1v) is 11.9. The summed E-state index contributed by atoms with van der Waals surface area (Å²) in [6.07, 6.45) is 1.54. The maximum Gasteiger partial charge on any atom is 0.250 e. The maximum atomic E-state index is 12.0. The molecule has 3 aromatic rings. The van der Waals surface area contributed by atoms with Crippen molar-refractivity contribution in [3.8, 4) is 11.5 Å². The SMILES string of the molecule is COc1cc(/C=N\NC(=O)CSc2ccc(Cl)cc2)cc(Br)c1OCc1ccc(Cl)cc1. The van der Waals surface area contributed by atoms with E-state index >= 15 is 0 Å². The summed E-state index contributed by atoms with van der Waals surface area (Å²) in [6.45, 7) is 0.362. The number of halogens is 3. The number of thioether (sulfide) groups is 1. The highest BCUT2D eigenvalue weighted by Gasteiger charge is 2.12. The molecule has 0 radical (unpaired) electrons. The van der Waals surface area contributed by atoms with Crippen LogP contribution in [0.3, 0.4) is 0 Å². The molecule has 3 rings (SSSR count). The van der Waals surface area contributed by atoms with Crippen molar-refractivity contribution in [1.82, 2.24) is 5.43 Å². The van der Waals surface area contributed by atoms with Crippen LogP contribution in [0.4, 0.5) is 0 Å². The van der Waals surface area contributed by atoms with E-state index < -0.39 is 0 Å². The van der Waals surface area contributed by atoms with Crippen LogP contribution in [0.5, 0.6) is 11.5 Å². The van der Waals surface area contributed by atoms with Gasteiger partial charge in [-0.1, -0.05) is 35.3 Å². The van der Waals surface area contributed by atoms with Gasteiger partial charge in [0, 0.05) is 14.9 Å². The second-order valence-electron chi connectivity index (χ2n) is 6.49. The zero-order chi connectivity index (χ0) is 22.9. The first-order valence-electron chi connectivity index (χ1n) is 9.39. The van der Waals surface area contributed by atoms with Crippen LogP contribution in [0, 0.1) is 0 Å². The third-order valence-electron chi connectivity index (χ3n) is 4.13. The predicted molar refractivity (Wildman–Crippen MR) is 134 cm³/mol. The largest absolute Gasteiger partial charge is 0.493 e. The third kappa shape index (κ3) is 7.45. The number of rotatable bonds is 9. The summed E-state index contributed by atoms with van der Waals surface area (Å²) >= 11 is 16.7. The van der Waals surface area contributed by atoms with Gasteiger partial charge in [0.15, 0.2) is 11.5 Å². The molecule has 0 saturated carbocycles. The standard InChI is InChI=1S/C23H19BrCl2N2O3S/c1-30-21-11-16(10-20(24)23(21)31-13-15-2-4-17(25)5-3-15)12-27-28-22(29)14-32-19-8-6-18(26)7-9-19/h2-12H,13-14H2,1H3,(H,28,29)/b27-12-. The molecule has 0 atom stereocenters. The second kappa shape index (κ2) is 12.2. The number of carbonyl (C=O) groups excluding carboxylic acids is 1. The normalized spacial score (nSPS) is 10.9. The predicted octanol–water partition coefficient (Wildman–Crippen LogP) is 6.59. The van der Waals surface area contributed by atoms with Gasteiger partial charge in [-0.15, -0.1) is 11.8 Å². The van der Waals surface area contributed by atoms with Gasteiger partial charge < -0.3 is 9.47 Å². The van der Waals surface area contributed by atoms with Crippen molar-refractivity contribution in [2.45, 2.75) is 11.5 Å². The summed E-state index contributed by atoms with van der Waals surface area (Å²) in [6, 6.07) is 18.3. The summed E-state index contributed by atoms with van der Waals surface area (Å²) < 4.78 is 12.1. The van der Waals surface area contributed by atoms with Crippen molar-refractivity contribution in [2.24, 2.45) is 5.10 Å². The smallest absolute Gasteiger partial charge is 0.250 e. The zero-order valence-electron chi connectivity index (χ0n) is 17.0. The Balaban J connectivity index is 1.57. The molecule has 0 heterocycles. The fraction of sp³-hybridized carbons (Fsp3) is 0.130. The Morgan fingerprint density at radius 2 is 1.75 bits per heavy atom. The molecule has 1 amide bonds. The number of methoxy groups -OCH3 is 1. The van der Waals surface area contributed by atoms with Crippen molar-refractivity contribution < 1.29 is 14.3 Å². The molecule has 0 spiro atoms. The third-order valence-corrected chi connectivity index (χ3v) is 6.24. The van der Waals surface area contributed by atoms with Crippen LogP contribution in [0.1, 0.15) is 11.1 Å². The molecule has 0 saturated heterocycles. The lowest BCUT2D eigenvalue weighted by Crippen LogP contribution is -2.19. The lowest BCUT2D eigenvalue weighted by Gasteiger charge is -2.13. The van der Waals surface area contributed by atoms with E-state index in [-0.39, 0.29) is 11.7 Å². The van der Waals surface area contributed by atoms with E-state index in [9.17, 15) is 4.79 Å². The van der Waals surface area contributed by atoms with Crippen LogP contribution in [-0.4, -0.2) is 25.0 Å². The Morgan fingerprint density at radius 3 is 2.41 bits per heavy atom. The summed E-state index contributed by atoms with van der Waals surface area (Å²) in [7, 11) is 1.56. The lowest BCUT2D eigenvalue weighted by atomic mass is 10.2. The van der Waals surface area contributed by atoms with Crippen molar-refractivity contribution in [2.75, 3.05) is 12.9 Å². The molecule has 3 aromatic carbocycles. The topological polar surface area (TPSA) is 59.9 Å². The molecule has 0 aliphatic rings. The summed E-state index contributed by atoms with van der Waals surface area (Å²) in [5.74, 6) is 1.14. The summed E-state index contributed by atoms with van der Waals surface area (Å²) in [5, 5.41) is 5.36. The minimum Gasteiger partial charge on any atom is -0.493 e. The van der Waals surface area contributed by atoms with E-state index in [1.54, 1.807) is 31.5 Å². The molecular weight excluding hydrogens is 535 g/mol. The molecule has 0 unspecified atom stereocenters. The van der Waals surface area contributed by atoms with Gasteiger partial charge in [0.2, 0.25) is 5.91 Å². The Labute approximate surface area is 209 Å². The minimum atomic E-state index is -0.213. The van der Waals surface area contributed by atoms with Crippen LogP contribution in [0.15, 0.2) is 75.1 Å². The van der Waals surface area contributed by atoms with Gasteiger partial charge in [-0.25, -0.2) is 5.43 Å². The number of hydrogen-bond acceptors (Lipinski definition) is 5. The number of nitrogens with zero attached hydrogens (tertiary/aromatic N) is 1. The van der Waals surface area contributed by atoms with Crippen LogP contribution < -0.4 is 14.9 Å². The number of amides is 1. The van der Waals surface area contributed by atoms with Gasteiger partial charge in [-0.2, -0.15) is 5.10 Å². The Kier molecular flexibility index (Phi) is 9.29. The summed E-state index contributed by atoms with van der Waals surface area (Å²) in [5.41, 5.74) is 4.24.